The largest absolute Gasteiger partial charge is 0.444 e. The number of halogens is 1. The molecule has 0 aliphatic carbocycles. The molecule has 1 heterocycles. The number of amides is 1. The number of hydrogen-bond donors (Lipinski definition) is 0. The Morgan fingerprint density at radius 2 is 2.00 bits per heavy atom. The normalized spacial score (nSPS) is 17.4. The van der Waals surface area contributed by atoms with Crippen molar-refractivity contribution in [2.75, 3.05) is 17.7 Å². The van der Waals surface area contributed by atoms with Crippen LogP contribution in [0.5, 0.6) is 0 Å². The minimum atomic E-state index is -0.409. The molecule has 1 atom stereocenters. The number of carbonyl (C=O) groups excluding carboxylic acids is 1. The third kappa shape index (κ3) is 3.20. The standard InChI is InChI=1S/C18H18FNO2S/c1-3-14-11-20(18(21)22-14)13-6-9-16(17(19)10-13)12-4-7-15(23-2)8-5-12/h4-10,14H,3,11H2,1-2H3. The van der Waals surface area contributed by atoms with Crippen molar-refractivity contribution in [2.24, 2.45) is 0 Å². The van der Waals surface area contributed by atoms with Gasteiger partial charge in [-0.2, -0.15) is 0 Å². The van der Waals surface area contributed by atoms with E-state index in [1.807, 2.05) is 37.4 Å². The van der Waals surface area contributed by atoms with Gasteiger partial charge in [-0.05, 0) is 48.6 Å². The number of benzene rings is 2. The molecule has 5 heteroatoms. The molecule has 1 amide bonds. The first kappa shape index (κ1) is 15.9. The second kappa shape index (κ2) is 6.62. The zero-order chi connectivity index (χ0) is 16.4. The van der Waals surface area contributed by atoms with Gasteiger partial charge in [0.1, 0.15) is 11.9 Å². The number of anilines is 1. The molecule has 0 N–H and O–H groups in total. The van der Waals surface area contributed by atoms with Crippen LogP contribution < -0.4 is 4.90 Å². The summed E-state index contributed by atoms with van der Waals surface area (Å²) in [6, 6.07) is 12.6. The van der Waals surface area contributed by atoms with Crippen molar-refractivity contribution in [1.82, 2.24) is 0 Å². The van der Waals surface area contributed by atoms with E-state index in [4.69, 9.17) is 4.74 Å². The van der Waals surface area contributed by atoms with Crippen LogP contribution in [0.4, 0.5) is 14.9 Å². The summed E-state index contributed by atoms with van der Waals surface area (Å²) in [7, 11) is 0. The third-order valence-electron chi connectivity index (χ3n) is 3.99. The molecule has 0 saturated carbocycles. The van der Waals surface area contributed by atoms with E-state index in [9.17, 15) is 9.18 Å². The number of nitrogens with zero attached hydrogens (tertiary/aromatic N) is 1. The molecule has 0 spiro atoms. The summed E-state index contributed by atoms with van der Waals surface area (Å²) in [5.41, 5.74) is 1.89. The predicted molar refractivity (Wildman–Crippen MR) is 91.5 cm³/mol. The van der Waals surface area contributed by atoms with E-state index in [-0.39, 0.29) is 11.9 Å². The smallest absolute Gasteiger partial charge is 0.414 e. The van der Waals surface area contributed by atoms with E-state index in [0.717, 1.165) is 16.9 Å². The lowest BCUT2D eigenvalue weighted by atomic mass is 10.0. The minimum absolute atomic E-state index is 0.121. The number of hydrogen-bond acceptors (Lipinski definition) is 3. The van der Waals surface area contributed by atoms with Crippen molar-refractivity contribution >= 4 is 23.5 Å². The van der Waals surface area contributed by atoms with Crippen LogP contribution in [0.2, 0.25) is 0 Å². The molecule has 0 bridgehead atoms. The molecule has 2 aromatic carbocycles. The summed E-state index contributed by atoms with van der Waals surface area (Å²) in [4.78, 5) is 14.5. The fraction of sp³-hybridized carbons (Fsp3) is 0.278. The summed E-state index contributed by atoms with van der Waals surface area (Å²) >= 11 is 1.65. The van der Waals surface area contributed by atoms with Gasteiger partial charge in [0.15, 0.2) is 0 Å². The van der Waals surface area contributed by atoms with Crippen molar-refractivity contribution in [3.63, 3.8) is 0 Å². The van der Waals surface area contributed by atoms with Crippen LogP contribution in [0.25, 0.3) is 11.1 Å². The van der Waals surface area contributed by atoms with Gasteiger partial charge in [0.2, 0.25) is 0 Å². The molecule has 120 valence electrons. The number of thioether (sulfide) groups is 1. The maximum Gasteiger partial charge on any atom is 0.414 e. The van der Waals surface area contributed by atoms with Crippen LogP contribution in [0.15, 0.2) is 47.4 Å². The summed E-state index contributed by atoms with van der Waals surface area (Å²) < 4.78 is 19.7. The van der Waals surface area contributed by atoms with Crippen LogP contribution in [0.1, 0.15) is 13.3 Å². The molecule has 0 radical (unpaired) electrons. The van der Waals surface area contributed by atoms with Crippen molar-refractivity contribution in [1.29, 1.82) is 0 Å². The Labute approximate surface area is 139 Å². The Kier molecular flexibility index (Phi) is 4.57. The van der Waals surface area contributed by atoms with Gasteiger partial charge in [-0.3, -0.25) is 4.90 Å². The van der Waals surface area contributed by atoms with Gasteiger partial charge in [-0.15, -0.1) is 11.8 Å². The lowest BCUT2D eigenvalue weighted by molar-refractivity contribution is 0.139. The molecule has 1 saturated heterocycles. The first-order valence-electron chi connectivity index (χ1n) is 7.54. The summed E-state index contributed by atoms with van der Waals surface area (Å²) in [5, 5.41) is 0. The summed E-state index contributed by atoms with van der Waals surface area (Å²) in [5.74, 6) is -0.341. The Hall–Kier alpha value is -2.01. The van der Waals surface area contributed by atoms with Gasteiger partial charge >= 0.3 is 6.09 Å². The van der Waals surface area contributed by atoms with Gasteiger partial charge in [0.05, 0.1) is 12.2 Å². The van der Waals surface area contributed by atoms with Crippen molar-refractivity contribution in [3.8, 4) is 11.1 Å². The number of cyclic esters (lactones) is 1. The Balaban J connectivity index is 1.87. The highest BCUT2D eigenvalue weighted by Crippen LogP contribution is 2.30. The van der Waals surface area contributed by atoms with E-state index in [1.165, 1.54) is 11.0 Å². The fourth-order valence-corrected chi connectivity index (χ4v) is 3.03. The van der Waals surface area contributed by atoms with Gasteiger partial charge < -0.3 is 4.74 Å². The van der Waals surface area contributed by atoms with Crippen LogP contribution >= 0.6 is 11.8 Å². The van der Waals surface area contributed by atoms with Crippen molar-refractivity contribution in [2.45, 2.75) is 24.3 Å². The molecular formula is C18H18FNO2S. The highest BCUT2D eigenvalue weighted by atomic mass is 32.2. The third-order valence-corrected chi connectivity index (χ3v) is 4.74. The van der Waals surface area contributed by atoms with Gasteiger partial charge in [0, 0.05) is 10.5 Å². The highest BCUT2D eigenvalue weighted by Gasteiger charge is 2.31. The van der Waals surface area contributed by atoms with Crippen LogP contribution in [0, 0.1) is 5.82 Å². The Morgan fingerprint density at radius 1 is 1.26 bits per heavy atom. The molecular weight excluding hydrogens is 313 g/mol. The second-order valence-electron chi connectivity index (χ2n) is 5.42. The van der Waals surface area contributed by atoms with E-state index < -0.39 is 6.09 Å². The zero-order valence-corrected chi connectivity index (χ0v) is 13.9. The molecule has 1 aliphatic rings. The fourth-order valence-electron chi connectivity index (χ4n) is 2.62. The Morgan fingerprint density at radius 3 is 2.57 bits per heavy atom. The molecule has 1 fully saturated rings. The molecule has 23 heavy (non-hydrogen) atoms. The highest BCUT2D eigenvalue weighted by molar-refractivity contribution is 7.98. The second-order valence-corrected chi connectivity index (χ2v) is 6.30. The SMILES string of the molecule is CCC1CN(c2ccc(-c3ccc(SC)cc3)c(F)c2)C(=O)O1. The van der Waals surface area contributed by atoms with Crippen molar-refractivity contribution < 1.29 is 13.9 Å². The lowest BCUT2D eigenvalue weighted by Gasteiger charge is -2.14. The number of rotatable bonds is 4. The summed E-state index contributed by atoms with van der Waals surface area (Å²) in [6.45, 7) is 2.43. The molecule has 1 aliphatic heterocycles. The monoisotopic (exact) mass is 331 g/mol. The summed E-state index contributed by atoms with van der Waals surface area (Å²) in [6.07, 6.45) is 2.23. The van der Waals surface area contributed by atoms with E-state index in [0.29, 0.717) is 17.8 Å². The zero-order valence-electron chi connectivity index (χ0n) is 13.1. The molecule has 3 nitrogen and oxygen atoms in total. The van der Waals surface area contributed by atoms with Crippen LogP contribution in [-0.4, -0.2) is 25.0 Å². The van der Waals surface area contributed by atoms with Crippen molar-refractivity contribution in [3.05, 3.63) is 48.3 Å². The van der Waals surface area contributed by atoms with E-state index >= 15 is 0 Å². The molecule has 0 aromatic heterocycles. The average Bonchev–Trinajstić information content (AvgIpc) is 2.96. The minimum Gasteiger partial charge on any atom is -0.444 e. The Bertz CT molecular complexity index is 717. The average molecular weight is 331 g/mol. The molecule has 2 aromatic rings. The number of carbonyl (C=O) groups is 1. The van der Waals surface area contributed by atoms with Gasteiger partial charge in [-0.25, -0.2) is 9.18 Å². The van der Waals surface area contributed by atoms with E-state index in [2.05, 4.69) is 0 Å². The van der Waals surface area contributed by atoms with Crippen LogP contribution in [-0.2, 0) is 4.74 Å². The first-order chi connectivity index (χ1) is 11.1. The van der Waals surface area contributed by atoms with Gasteiger partial charge in [0.25, 0.3) is 0 Å². The maximum absolute atomic E-state index is 14.5. The molecule has 3 rings (SSSR count). The maximum atomic E-state index is 14.5. The predicted octanol–water partition coefficient (Wildman–Crippen LogP) is 4.95. The topological polar surface area (TPSA) is 29.5 Å². The van der Waals surface area contributed by atoms with Gasteiger partial charge in [-0.1, -0.05) is 19.1 Å². The first-order valence-corrected chi connectivity index (χ1v) is 8.77. The molecule has 1 unspecified atom stereocenters. The number of ether oxygens (including phenoxy) is 1. The van der Waals surface area contributed by atoms with E-state index in [1.54, 1.807) is 23.9 Å². The lowest BCUT2D eigenvalue weighted by Crippen LogP contribution is -2.24. The van der Waals surface area contributed by atoms with Crippen LogP contribution in [0.3, 0.4) is 0 Å². The quantitative estimate of drug-likeness (QED) is 0.742.